The van der Waals surface area contributed by atoms with E-state index in [0.29, 0.717) is 74.4 Å². The van der Waals surface area contributed by atoms with E-state index >= 15 is 0 Å². The first-order valence-corrected chi connectivity index (χ1v) is 23.7. The lowest BCUT2D eigenvalue weighted by Gasteiger charge is -2.24. The number of amides is 3. The highest BCUT2D eigenvalue weighted by atomic mass is 32.2. The van der Waals surface area contributed by atoms with Crippen molar-refractivity contribution in [3.8, 4) is 0 Å². The number of hydrogen-bond donors (Lipinski definition) is 11. The van der Waals surface area contributed by atoms with Crippen LogP contribution in [0.1, 0.15) is 107 Å². The number of benzene rings is 3. The summed E-state index contributed by atoms with van der Waals surface area (Å²) in [4.78, 5) is 52.2. The topological polar surface area (TPSA) is 295 Å². The zero-order chi connectivity index (χ0) is 49.4. The lowest BCUT2D eigenvalue weighted by molar-refractivity contribution is -0.116. The molecule has 0 unspecified atom stereocenters. The van der Waals surface area contributed by atoms with E-state index < -0.39 is 0 Å². The number of nitrogens with zero attached hydrogens (tertiary/aromatic N) is 1. The van der Waals surface area contributed by atoms with Crippen molar-refractivity contribution in [1.29, 1.82) is 5.41 Å². The lowest BCUT2D eigenvalue weighted by Crippen LogP contribution is -2.23. The molecule has 0 aliphatic heterocycles. The van der Waals surface area contributed by atoms with E-state index in [1.807, 2.05) is 57.4 Å². The molecule has 0 saturated carbocycles. The molecule has 0 atom stereocenters. The van der Waals surface area contributed by atoms with Gasteiger partial charge in [0.15, 0.2) is 5.96 Å². The summed E-state index contributed by atoms with van der Waals surface area (Å²) < 4.78 is 0. The van der Waals surface area contributed by atoms with Gasteiger partial charge in [-0.15, -0.1) is 23.5 Å². The maximum Gasteiger partial charge on any atom is 0.255 e. The maximum absolute atomic E-state index is 13.1. The number of thioether (sulfide) groups is 2. The molecule has 16 N–H and O–H groups in total. The molecular formula is C47H78N12O4S2. The molecule has 0 radical (unpaired) electrons. The summed E-state index contributed by atoms with van der Waals surface area (Å²) in [5.74, 6) is 1.20. The molecule has 16 nitrogen and oxygen atoms in total. The number of aryl methyl sites for hydroxylation is 1. The van der Waals surface area contributed by atoms with Gasteiger partial charge in [-0.25, -0.2) is 0 Å². The predicted molar refractivity (Wildman–Crippen MR) is 278 cm³/mol. The summed E-state index contributed by atoms with van der Waals surface area (Å²) in [6.07, 6.45) is 6.97. The Bertz CT molecular complexity index is 1930. The second kappa shape index (κ2) is 33.4. The molecule has 65 heavy (non-hydrogen) atoms. The summed E-state index contributed by atoms with van der Waals surface area (Å²) in [5, 5.41) is 21.0. The van der Waals surface area contributed by atoms with E-state index in [9.17, 15) is 19.2 Å². The number of aldehydes is 1. The number of anilines is 4. The summed E-state index contributed by atoms with van der Waals surface area (Å²) >= 11 is 3.16. The van der Waals surface area contributed by atoms with Crippen LogP contribution in [0.15, 0.2) is 63.3 Å². The number of carbonyl (C=O) groups excluding carboxylic acids is 4. The lowest BCUT2D eigenvalue weighted by atomic mass is 9.86. The monoisotopic (exact) mass is 939 g/mol. The molecule has 3 amide bonds. The van der Waals surface area contributed by atoms with Crippen molar-refractivity contribution in [3.63, 3.8) is 0 Å². The van der Waals surface area contributed by atoms with Crippen LogP contribution in [0.2, 0.25) is 0 Å². The van der Waals surface area contributed by atoms with Crippen molar-refractivity contribution in [2.24, 2.45) is 33.7 Å². The van der Waals surface area contributed by atoms with Gasteiger partial charge in [0.05, 0.1) is 33.2 Å². The Hall–Kier alpha value is -5.14. The van der Waals surface area contributed by atoms with Crippen LogP contribution in [-0.4, -0.2) is 88.6 Å². The van der Waals surface area contributed by atoms with Crippen LogP contribution in [0.25, 0.3) is 0 Å². The molecule has 3 aromatic carbocycles. The Balaban J connectivity index is 0.00000113. The molecule has 3 aromatic rings. The molecule has 0 heterocycles. The van der Waals surface area contributed by atoms with E-state index in [0.717, 1.165) is 70.1 Å². The molecule has 0 aromatic heterocycles. The fourth-order valence-electron chi connectivity index (χ4n) is 5.63. The second-order valence-electron chi connectivity index (χ2n) is 16.7. The van der Waals surface area contributed by atoms with E-state index in [4.69, 9.17) is 28.3 Å². The molecule has 0 spiro atoms. The Morgan fingerprint density at radius 2 is 1.31 bits per heavy atom. The highest BCUT2D eigenvalue weighted by Crippen LogP contribution is 2.40. The summed E-state index contributed by atoms with van der Waals surface area (Å²) in [7, 11) is 3.81. The first-order chi connectivity index (χ1) is 30.8. The normalized spacial score (nSPS) is 10.6. The fraction of sp³-hybridized carbons (Fsp3) is 0.489. The van der Waals surface area contributed by atoms with Crippen LogP contribution in [0.3, 0.4) is 0 Å². The highest BCUT2D eigenvalue weighted by Gasteiger charge is 2.22. The Labute approximate surface area is 396 Å². The smallest absolute Gasteiger partial charge is 0.255 e. The van der Waals surface area contributed by atoms with Gasteiger partial charge in [-0.05, 0) is 105 Å². The minimum Gasteiger partial charge on any atom is -0.390 e. The van der Waals surface area contributed by atoms with Gasteiger partial charge in [-0.1, -0.05) is 59.2 Å². The third-order valence-corrected chi connectivity index (χ3v) is 11.4. The average molecular weight is 939 g/mol. The van der Waals surface area contributed by atoms with Gasteiger partial charge in [0, 0.05) is 62.3 Å². The van der Waals surface area contributed by atoms with Crippen LogP contribution in [0.5, 0.6) is 0 Å². The number of aliphatic imine (C=N–C) groups is 1. The minimum absolute atomic E-state index is 0.0297. The van der Waals surface area contributed by atoms with Gasteiger partial charge in [0.2, 0.25) is 12.3 Å². The van der Waals surface area contributed by atoms with Crippen molar-refractivity contribution in [1.82, 2.24) is 5.32 Å². The number of hydrogen-bond acceptors (Lipinski definition) is 12. The Morgan fingerprint density at radius 1 is 0.769 bits per heavy atom. The number of guanidine groups is 1. The number of rotatable bonds is 22. The van der Waals surface area contributed by atoms with Crippen molar-refractivity contribution >= 4 is 83.1 Å². The van der Waals surface area contributed by atoms with Crippen LogP contribution >= 0.6 is 23.5 Å². The average Bonchev–Trinajstić information content (AvgIpc) is 3.24. The second-order valence-corrected chi connectivity index (χ2v) is 18.9. The van der Waals surface area contributed by atoms with Gasteiger partial charge in [0.1, 0.15) is 6.29 Å². The van der Waals surface area contributed by atoms with E-state index in [2.05, 4.69) is 84.9 Å². The van der Waals surface area contributed by atoms with Crippen LogP contribution in [0.4, 0.5) is 22.7 Å². The van der Waals surface area contributed by atoms with Crippen molar-refractivity contribution in [3.05, 3.63) is 70.8 Å². The first kappa shape index (κ1) is 59.9. The fourth-order valence-corrected chi connectivity index (χ4v) is 7.39. The van der Waals surface area contributed by atoms with E-state index in [-0.39, 0.29) is 28.6 Å². The molecule has 3 rings (SSSR count). The zero-order valence-electron chi connectivity index (χ0n) is 40.1. The predicted octanol–water partition coefficient (Wildman–Crippen LogP) is 6.75. The summed E-state index contributed by atoms with van der Waals surface area (Å²) in [5.41, 5.74) is 33.2. The SMILES string of the molecule is CNCCCCC=O.CNc1cc(C(C)(C)C)cc(NC=O)c1SCCN.Cc1cccc(C(=O)Nc2cc(C(C)(C)C)cc(NC(=O)CCCCN=C(N)N)c2SCCN)c1.N=CN. The summed E-state index contributed by atoms with van der Waals surface area (Å²) in [6, 6.07) is 15.6. The third-order valence-electron chi connectivity index (χ3n) is 9.03. The quantitative estimate of drug-likeness (QED) is 0.0164. The molecule has 0 aliphatic carbocycles. The van der Waals surface area contributed by atoms with Gasteiger partial charge < -0.3 is 60.0 Å². The molecular weight excluding hydrogens is 861 g/mol. The van der Waals surface area contributed by atoms with Crippen LogP contribution < -0.4 is 55.3 Å². The van der Waals surface area contributed by atoms with Gasteiger partial charge in [-0.2, -0.15) is 0 Å². The number of nitrogens with one attached hydrogen (secondary N) is 6. The van der Waals surface area contributed by atoms with Gasteiger partial charge in [-0.3, -0.25) is 24.8 Å². The molecule has 0 fully saturated rings. The molecule has 0 saturated heterocycles. The number of nitrogens with two attached hydrogens (primary N) is 5. The molecule has 362 valence electrons. The molecule has 18 heteroatoms. The standard InChI is InChI=1S/C26H38N6O2S.C14H23N3OS.C6H13NO.CH4N2/c1-17-8-7-9-18(14-17)24(34)32-21-16-19(26(2,3)4)15-20(23(21)35-13-11-27)31-22(33)10-5-6-12-30-25(28)29;1-14(2,3)10-7-11(16-4)13(19-6-5-15)12(8-10)17-9-18;1-7-5-3-2-4-6-8;2-1-3/h7-9,14-16H,5-6,10-13,27H2,1-4H3,(H,31,33)(H,32,34)(H4,28,29,30);7-9,16H,5-6,15H2,1-4H3,(H,17,18);6-7H,2-5H2,1H3;1H,(H3,2,3). The third kappa shape index (κ3) is 25.2. The van der Waals surface area contributed by atoms with Crippen LogP contribution in [0, 0.1) is 12.3 Å². The van der Waals surface area contributed by atoms with Crippen molar-refractivity contribution in [2.75, 3.05) is 73.0 Å². The first-order valence-electron chi connectivity index (χ1n) is 21.7. The summed E-state index contributed by atoms with van der Waals surface area (Å²) in [6.45, 7) is 17.3. The molecule has 0 bridgehead atoms. The van der Waals surface area contributed by atoms with E-state index in [1.54, 1.807) is 17.8 Å². The van der Waals surface area contributed by atoms with Crippen molar-refractivity contribution < 1.29 is 19.2 Å². The Kier molecular flexibility index (Phi) is 30.7. The minimum atomic E-state index is -0.202. The van der Waals surface area contributed by atoms with Crippen molar-refractivity contribution in [2.45, 2.75) is 108 Å². The zero-order valence-corrected chi connectivity index (χ0v) is 41.8. The molecule has 0 aliphatic rings. The largest absolute Gasteiger partial charge is 0.390 e. The van der Waals surface area contributed by atoms with E-state index in [1.165, 1.54) is 17.3 Å². The number of carbonyl (C=O) groups is 4. The highest BCUT2D eigenvalue weighted by molar-refractivity contribution is 7.99. The van der Waals surface area contributed by atoms with Gasteiger partial charge in [0.25, 0.3) is 5.91 Å². The maximum atomic E-state index is 13.1. The number of unbranched alkanes of at least 4 members (excludes halogenated alkanes) is 3. The van der Waals surface area contributed by atoms with Crippen LogP contribution in [-0.2, 0) is 25.2 Å². The van der Waals surface area contributed by atoms with Gasteiger partial charge >= 0.3 is 0 Å². The Morgan fingerprint density at radius 3 is 1.78 bits per heavy atom.